The van der Waals surface area contributed by atoms with Crippen LogP contribution in [0.15, 0.2) is 18.2 Å². The highest BCUT2D eigenvalue weighted by Gasteiger charge is 2.16. The first-order chi connectivity index (χ1) is 8.70. The Labute approximate surface area is 113 Å². The maximum atomic E-state index is 5.67. The topological polar surface area (TPSA) is 47.3 Å². The summed E-state index contributed by atoms with van der Waals surface area (Å²) < 4.78 is 5.52. The second kappa shape index (κ2) is 6.45. The minimum absolute atomic E-state index is 0.222. The largest absolute Gasteiger partial charge is 0.493 e. The van der Waals surface area contributed by atoms with Gasteiger partial charge in [0.25, 0.3) is 0 Å². The molecular formula is C14H22N2OS. The van der Waals surface area contributed by atoms with Crippen LogP contribution in [0.1, 0.15) is 31.0 Å². The Morgan fingerprint density at radius 2 is 2.22 bits per heavy atom. The van der Waals surface area contributed by atoms with Gasteiger partial charge in [-0.25, -0.2) is 0 Å². The van der Waals surface area contributed by atoms with Gasteiger partial charge in [-0.3, -0.25) is 11.3 Å². The van der Waals surface area contributed by atoms with Crippen LogP contribution >= 0.6 is 11.8 Å². The van der Waals surface area contributed by atoms with E-state index in [0.717, 1.165) is 30.4 Å². The lowest BCUT2D eigenvalue weighted by atomic mass is 10.0. The third kappa shape index (κ3) is 3.40. The Balaban J connectivity index is 1.99. The van der Waals surface area contributed by atoms with Crippen molar-refractivity contribution < 1.29 is 4.74 Å². The number of hydrogen-bond donors (Lipinski definition) is 2. The van der Waals surface area contributed by atoms with Crippen LogP contribution in [0, 0.1) is 5.92 Å². The molecule has 0 spiro atoms. The monoisotopic (exact) mass is 266 g/mol. The van der Waals surface area contributed by atoms with Gasteiger partial charge in [-0.05, 0) is 28.9 Å². The number of hydrogen-bond acceptors (Lipinski definition) is 4. The Bertz CT molecular complexity index is 395. The molecule has 0 saturated carbocycles. The molecule has 1 aromatic carbocycles. The number of ether oxygens (including phenoxy) is 1. The molecule has 0 bridgehead atoms. The molecule has 3 nitrogen and oxygen atoms in total. The normalized spacial score (nSPS) is 15.6. The number of fused-ring (bicyclic) bond motifs is 1. The SMILES string of the molecule is CC(C)CSCC(NN)c1ccc2c(c1)CCO2. The van der Waals surface area contributed by atoms with Gasteiger partial charge in [-0.15, -0.1) is 0 Å². The summed E-state index contributed by atoms with van der Waals surface area (Å²) in [7, 11) is 0. The molecule has 18 heavy (non-hydrogen) atoms. The lowest BCUT2D eigenvalue weighted by molar-refractivity contribution is 0.356. The van der Waals surface area contributed by atoms with Crippen molar-refractivity contribution >= 4 is 11.8 Å². The average molecular weight is 266 g/mol. The summed E-state index contributed by atoms with van der Waals surface area (Å²) in [6.45, 7) is 5.29. The molecular weight excluding hydrogens is 244 g/mol. The van der Waals surface area contributed by atoms with Crippen molar-refractivity contribution in [2.45, 2.75) is 26.3 Å². The summed E-state index contributed by atoms with van der Waals surface area (Å²) in [6.07, 6.45) is 1.01. The fraction of sp³-hybridized carbons (Fsp3) is 0.571. The molecule has 2 rings (SSSR count). The van der Waals surface area contributed by atoms with Crippen LogP contribution in [0.3, 0.4) is 0 Å². The third-order valence-electron chi connectivity index (χ3n) is 3.05. The standard InChI is InChI=1S/C14H22N2OS/c1-10(2)8-18-9-13(16-15)11-3-4-14-12(7-11)5-6-17-14/h3-4,7,10,13,16H,5-6,8-9,15H2,1-2H3. The number of nitrogens with one attached hydrogen (secondary N) is 1. The van der Waals surface area contributed by atoms with Crippen molar-refractivity contribution in [3.05, 3.63) is 29.3 Å². The van der Waals surface area contributed by atoms with E-state index in [4.69, 9.17) is 10.6 Å². The summed E-state index contributed by atoms with van der Waals surface area (Å²) in [6, 6.07) is 6.63. The highest BCUT2D eigenvalue weighted by molar-refractivity contribution is 7.99. The predicted octanol–water partition coefficient (Wildman–Crippen LogP) is 2.52. The molecule has 1 unspecified atom stereocenters. The summed E-state index contributed by atoms with van der Waals surface area (Å²) in [5, 5.41) is 0. The quantitative estimate of drug-likeness (QED) is 0.613. The third-order valence-corrected chi connectivity index (χ3v) is 4.52. The number of benzene rings is 1. The van der Waals surface area contributed by atoms with Gasteiger partial charge in [0.1, 0.15) is 5.75 Å². The molecule has 1 heterocycles. The van der Waals surface area contributed by atoms with Gasteiger partial charge in [0, 0.05) is 12.2 Å². The molecule has 0 aliphatic carbocycles. The molecule has 4 heteroatoms. The smallest absolute Gasteiger partial charge is 0.122 e. The number of nitrogens with two attached hydrogens (primary N) is 1. The highest BCUT2D eigenvalue weighted by atomic mass is 32.2. The summed E-state index contributed by atoms with van der Waals surface area (Å²) in [5.74, 6) is 9.61. The zero-order valence-electron chi connectivity index (χ0n) is 11.1. The van der Waals surface area contributed by atoms with Gasteiger partial charge in [-0.2, -0.15) is 11.8 Å². The van der Waals surface area contributed by atoms with E-state index in [1.54, 1.807) is 0 Å². The number of rotatable bonds is 6. The van der Waals surface area contributed by atoms with Gasteiger partial charge >= 0.3 is 0 Å². The van der Waals surface area contributed by atoms with E-state index in [9.17, 15) is 0 Å². The van der Waals surface area contributed by atoms with E-state index >= 15 is 0 Å². The van der Waals surface area contributed by atoms with E-state index in [1.165, 1.54) is 16.9 Å². The Morgan fingerprint density at radius 3 is 2.94 bits per heavy atom. The van der Waals surface area contributed by atoms with Crippen molar-refractivity contribution in [3.63, 3.8) is 0 Å². The summed E-state index contributed by atoms with van der Waals surface area (Å²) in [5.41, 5.74) is 5.49. The molecule has 0 fully saturated rings. The zero-order chi connectivity index (χ0) is 13.0. The van der Waals surface area contributed by atoms with E-state index in [0.29, 0.717) is 0 Å². The van der Waals surface area contributed by atoms with E-state index < -0.39 is 0 Å². The first-order valence-corrected chi connectivity index (χ1v) is 7.65. The maximum Gasteiger partial charge on any atom is 0.122 e. The minimum Gasteiger partial charge on any atom is -0.493 e. The Kier molecular flexibility index (Phi) is 4.92. The van der Waals surface area contributed by atoms with Crippen LogP contribution in [0.4, 0.5) is 0 Å². The van der Waals surface area contributed by atoms with Gasteiger partial charge in [0.2, 0.25) is 0 Å². The second-order valence-electron chi connectivity index (χ2n) is 5.12. The van der Waals surface area contributed by atoms with E-state index in [2.05, 4.69) is 37.5 Å². The fourth-order valence-electron chi connectivity index (χ4n) is 2.09. The minimum atomic E-state index is 0.222. The molecule has 0 amide bonds. The van der Waals surface area contributed by atoms with Crippen LogP contribution in [-0.4, -0.2) is 18.1 Å². The molecule has 100 valence electrons. The van der Waals surface area contributed by atoms with Gasteiger partial charge in [0.05, 0.1) is 12.6 Å². The predicted molar refractivity (Wildman–Crippen MR) is 77.9 cm³/mol. The van der Waals surface area contributed by atoms with Crippen molar-refractivity contribution in [3.8, 4) is 5.75 Å². The van der Waals surface area contributed by atoms with Crippen LogP contribution in [0.5, 0.6) is 5.75 Å². The van der Waals surface area contributed by atoms with E-state index in [1.807, 2.05) is 11.8 Å². The average Bonchev–Trinajstić information content (AvgIpc) is 2.81. The zero-order valence-corrected chi connectivity index (χ0v) is 11.9. The number of hydrazine groups is 1. The van der Waals surface area contributed by atoms with Gasteiger partial charge in [-0.1, -0.05) is 26.0 Å². The molecule has 0 saturated heterocycles. The van der Waals surface area contributed by atoms with Crippen LogP contribution in [0.25, 0.3) is 0 Å². The fourth-order valence-corrected chi connectivity index (χ4v) is 3.22. The first-order valence-electron chi connectivity index (χ1n) is 6.50. The molecule has 1 aliphatic heterocycles. The number of thioether (sulfide) groups is 1. The van der Waals surface area contributed by atoms with Crippen LogP contribution < -0.4 is 16.0 Å². The molecule has 1 aliphatic rings. The summed E-state index contributed by atoms with van der Waals surface area (Å²) >= 11 is 1.95. The maximum absolute atomic E-state index is 5.67. The van der Waals surface area contributed by atoms with Crippen molar-refractivity contribution in [2.75, 3.05) is 18.1 Å². The second-order valence-corrected chi connectivity index (χ2v) is 6.19. The first kappa shape index (κ1) is 13.7. The van der Waals surface area contributed by atoms with Crippen molar-refractivity contribution in [2.24, 2.45) is 11.8 Å². The van der Waals surface area contributed by atoms with Crippen molar-refractivity contribution in [1.82, 2.24) is 5.43 Å². The lowest BCUT2D eigenvalue weighted by Crippen LogP contribution is -2.30. The molecule has 0 radical (unpaired) electrons. The molecule has 1 atom stereocenters. The molecule has 3 N–H and O–H groups in total. The summed E-state index contributed by atoms with van der Waals surface area (Å²) in [4.78, 5) is 0. The molecule has 0 aromatic heterocycles. The van der Waals surface area contributed by atoms with Gasteiger partial charge < -0.3 is 4.74 Å². The highest BCUT2D eigenvalue weighted by Crippen LogP contribution is 2.29. The van der Waals surface area contributed by atoms with E-state index in [-0.39, 0.29) is 6.04 Å². The van der Waals surface area contributed by atoms with Gasteiger partial charge in [0.15, 0.2) is 0 Å². The molecule has 1 aromatic rings. The van der Waals surface area contributed by atoms with Crippen molar-refractivity contribution in [1.29, 1.82) is 0 Å². The Morgan fingerprint density at radius 1 is 1.39 bits per heavy atom. The van der Waals surface area contributed by atoms with Crippen LogP contribution in [-0.2, 0) is 6.42 Å². The van der Waals surface area contributed by atoms with Crippen LogP contribution in [0.2, 0.25) is 0 Å². The Hall–Kier alpha value is -0.710. The lowest BCUT2D eigenvalue weighted by Gasteiger charge is -2.17.